The lowest BCUT2D eigenvalue weighted by Crippen LogP contribution is -2.27. The fraction of sp³-hybridized carbons (Fsp3) is 0.900. The van der Waals surface area contributed by atoms with Crippen LogP contribution in [0.4, 0.5) is 0 Å². The van der Waals surface area contributed by atoms with Crippen LogP contribution >= 0.6 is 12.2 Å². The van der Waals surface area contributed by atoms with E-state index in [0.717, 1.165) is 19.4 Å². The van der Waals surface area contributed by atoms with Gasteiger partial charge in [-0.15, -0.1) is 0 Å². The van der Waals surface area contributed by atoms with Gasteiger partial charge in [0.05, 0.1) is 4.99 Å². The molecule has 0 saturated carbocycles. The smallest absolute Gasteiger partial charge is 0.0727 e. The van der Waals surface area contributed by atoms with Crippen LogP contribution in [0.15, 0.2) is 0 Å². The molecule has 0 aromatic carbocycles. The zero-order valence-electron chi connectivity index (χ0n) is 8.88. The Balaban J connectivity index is 3.49. The Morgan fingerprint density at radius 2 is 1.69 bits per heavy atom. The summed E-state index contributed by atoms with van der Waals surface area (Å²) in [5.41, 5.74) is 5.44. The third-order valence-corrected chi connectivity index (χ3v) is 2.18. The van der Waals surface area contributed by atoms with Crippen molar-refractivity contribution in [3.8, 4) is 0 Å². The van der Waals surface area contributed by atoms with Gasteiger partial charge in [-0.05, 0) is 45.3 Å². The SMILES string of the molecule is CCCN(CCC)CCCC(N)=S. The maximum absolute atomic E-state index is 5.44. The molecule has 0 saturated heterocycles. The van der Waals surface area contributed by atoms with Crippen molar-refractivity contribution in [2.24, 2.45) is 5.73 Å². The second-order valence-corrected chi connectivity index (χ2v) is 3.94. The standard InChI is InChI=1S/C10H22N2S/c1-3-7-12(8-4-2)9-5-6-10(11)13/h3-9H2,1-2H3,(H2,11,13). The molecule has 0 aromatic rings. The zero-order chi connectivity index (χ0) is 10.1. The third kappa shape index (κ3) is 8.19. The third-order valence-electron chi connectivity index (χ3n) is 1.98. The van der Waals surface area contributed by atoms with E-state index in [9.17, 15) is 0 Å². The molecule has 0 radical (unpaired) electrons. The van der Waals surface area contributed by atoms with Crippen molar-refractivity contribution in [3.05, 3.63) is 0 Å². The van der Waals surface area contributed by atoms with Crippen molar-refractivity contribution in [3.63, 3.8) is 0 Å². The van der Waals surface area contributed by atoms with Gasteiger partial charge >= 0.3 is 0 Å². The van der Waals surface area contributed by atoms with E-state index in [-0.39, 0.29) is 0 Å². The Morgan fingerprint density at radius 3 is 2.08 bits per heavy atom. The minimum absolute atomic E-state index is 0.646. The lowest BCUT2D eigenvalue weighted by atomic mass is 10.2. The summed E-state index contributed by atoms with van der Waals surface area (Å²) in [6.07, 6.45) is 4.45. The summed E-state index contributed by atoms with van der Waals surface area (Å²) in [7, 11) is 0. The summed E-state index contributed by atoms with van der Waals surface area (Å²) >= 11 is 4.84. The Morgan fingerprint density at radius 1 is 1.15 bits per heavy atom. The molecule has 0 fully saturated rings. The van der Waals surface area contributed by atoms with Crippen LogP contribution < -0.4 is 5.73 Å². The highest BCUT2D eigenvalue weighted by atomic mass is 32.1. The van der Waals surface area contributed by atoms with Crippen LogP contribution in [0.3, 0.4) is 0 Å². The van der Waals surface area contributed by atoms with E-state index >= 15 is 0 Å². The molecule has 0 aliphatic heterocycles. The summed E-state index contributed by atoms with van der Waals surface area (Å²) in [6, 6.07) is 0. The molecule has 0 rings (SSSR count). The van der Waals surface area contributed by atoms with Crippen LogP contribution in [-0.2, 0) is 0 Å². The van der Waals surface area contributed by atoms with Gasteiger partial charge in [0.25, 0.3) is 0 Å². The molecular weight excluding hydrogens is 180 g/mol. The molecule has 13 heavy (non-hydrogen) atoms. The molecule has 0 spiro atoms. The number of hydrogen-bond donors (Lipinski definition) is 1. The number of nitrogens with zero attached hydrogens (tertiary/aromatic N) is 1. The van der Waals surface area contributed by atoms with Crippen molar-refractivity contribution < 1.29 is 0 Å². The molecule has 0 unspecified atom stereocenters. The van der Waals surface area contributed by atoms with Gasteiger partial charge < -0.3 is 10.6 Å². The molecule has 0 bridgehead atoms. The van der Waals surface area contributed by atoms with Crippen LogP contribution in [0.1, 0.15) is 39.5 Å². The Hall–Kier alpha value is -0.150. The summed E-state index contributed by atoms with van der Waals surface area (Å²) < 4.78 is 0. The van der Waals surface area contributed by atoms with E-state index in [1.54, 1.807) is 0 Å². The van der Waals surface area contributed by atoms with Crippen molar-refractivity contribution in [2.75, 3.05) is 19.6 Å². The fourth-order valence-electron chi connectivity index (χ4n) is 1.44. The van der Waals surface area contributed by atoms with Gasteiger partial charge in [0.15, 0.2) is 0 Å². The quantitative estimate of drug-likeness (QED) is 0.612. The molecule has 0 aliphatic carbocycles. The molecule has 0 aromatic heterocycles. The van der Waals surface area contributed by atoms with Gasteiger partial charge in [-0.1, -0.05) is 26.1 Å². The summed E-state index contributed by atoms with van der Waals surface area (Å²) in [4.78, 5) is 3.13. The molecule has 0 atom stereocenters. The van der Waals surface area contributed by atoms with Gasteiger partial charge in [0, 0.05) is 0 Å². The predicted molar refractivity (Wildman–Crippen MR) is 63.0 cm³/mol. The van der Waals surface area contributed by atoms with E-state index in [1.165, 1.54) is 25.9 Å². The largest absolute Gasteiger partial charge is 0.393 e. The monoisotopic (exact) mass is 202 g/mol. The molecule has 2 N–H and O–H groups in total. The average Bonchev–Trinajstić information content (AvgIpc) is 2.04. The van der Waals surface area contributed by atoms with Crippen LogP contribution in [0, 0.1) is 0 Å². The first-order valence-electron chi connectivity index (χ1n) is 5.21. The normalized spacial score (nSPS) is 10.7. The lowest BCUT2D eigenvalue weighted by molar-refractivity contribution is 0.273. The van der Waals surface area contributed by atoms with Crippen LogP contribution in [0.2, 0.25) is 0 Å². The maximum Gasteiger partial charge on any atom is 0.0727 e. The van der Waals surface area contributed by atoms with E-state index in [4.69, 9.17) is 18.0 Å². The first-order valence-corrected chi connectivity index (χ1v) is 5.62. The molecule has 0 aliphatic rings. The first-order chi connectivity index (χ1) is 6.20. The van der Waals surface area contributed by atoms with E-state index < -0.39 is 0 Å². The number of hydrogen-bond acceptors (Lipinski definition) is 2. The van der Waals surface area contributed by atoms with E-state index in [2.05, 4.69) is 18.7 Å². The van der Waals surface area contributed by atoms with Crippen LogP contribution in [0.5, 0.6) is 0 Å². The minimum Gasteiger partial charge on any atom is -0.393 e. The van der Waals surface area contributed by atoms with Crippen molar-refractivity contribution >= 4 is 17.2 Å². The molecule has 78 valence electrons. The van der Waals surface area contributed by atoms with E-state index in [0.29, 0.717) is 4.99 Å². The number of rotatable bonds is 8. The molecule has 0 amide bonds. The number of nitrogens with two attached hydrogens (primary N) is 1. The second-order valence-electron chi connectivity index (χ2n) is 3.41. The molecular formula is C10H22N2S. The zero-order valence-corrected chi connectivity index (χ0v) is 9.70. The fourth-order valence-corrected chi connectivity index (χ4v) is 1.59. The van der Waals surface area contributed by atoms with Gasteiger partial charge in [0.1, 0.15) is 0 Å². The van der Waals surface area contributed by atoms with Crippen LogP contribution in [-0.4, -0.2) is 29.5 Å². The Labute approximate surface area is 87.5 Å². The topological polar surface area (TPSA) is 29.3 Å². The molecule has 0 heterocycles. The van der Waals surface area contributed by atoms with Crippen molar-refractivity contribution in [1.29, 1.82) is 0 Å². The Bertz CT molecular complexity index is 131. The van der Waals surface area contributed by atoms with Crippen LogP contribution in [0.25, 0.3) is 0 Å². The second kappa shape index (κ2) is 8.45. The van der Waals surface area contributed by atoms with Gasteiger partial charge in [0.2, 0.25) is 0 Å². The predicted octanol–water partition coefficient (Wildman–Crippen LogP) is 2.17. The van der Waals surface area contributed by atoms with Gasteiger partial charge in [-0.2, -0.15) is 0 Å². The molecule has 3 heteroatoms. The lowest BCUT2D eigenvalue weighted by Gasteiger charge is -2.20. The highest BCUT2D eigenvalue weighted by Gasteiger charge is 2.01. The maximum atomic E-state index is 5.44. The summed E-state index contributed by atoms with van der Waals surface area (Å²) in [5, 5.41) is 0. The first kappa shape index (κ1) is 12.8. The highest BCUT2D eigenvalue weighted by molar-refractivity contribution is 7.80. The Kier molecular flexibility index (Phi) is 8.35. The van der Waals surface area contributed by atoms with Crippen molar-refractivity contribution in [1.82, 2.24) is 4.90 Å². The summed E-state index contributed by atoms with van der Waals surface area (Å²) in [6.45, 7) is 7.97. The molecule has 2 nitrogen and oxygen atoms in total. The van der Waals surface area contributed by atoms with Gasteiger partial charge in [-0.25, -0.2) is 0 Å². The average molecular weight is 202 g/mol. The highest BCUT2D eigenvalue weighted by Crippen LogP contribution is 1.98. The summed E-state index contributed by atoms with van der Waals surface area (Å²) in [5.74, 6) is 0. The van der Waals surface area contributed by atoms with E-state index in [1.807, 2.05) is 0 Å². The minimum atomic E-state index is 0.646. The van der Waals surface area contributed by atoms with Crippen molar-refractivity contribution in [2.45, 2.75) is 39.5 Å². The van der Waals surface area contributed by atoms with Gasteiger partial charge in [-0.3, -0.25) is 0 Å². The number of thiocarbonyl (C=S) groups is 1.